The summed E-state index contributed by atoms with van der Waals surface area (Å²) in [6.45, 7) is 3.72. The molecule has 0 spiro atoms. The summed E-state index contributed by atoms with van der Waals surface area (Å²) in [5, 5.41) is 2.90. The molecule has 1 aliphatic heterocycles. The van der Waals surface area contributed by atoms with E-state index in [1.165, 1.54) is 0 Å². The van der Waals surface area contributed by atoms with Crippen LogP contribution in [0.5, 0.6) is 5.75 Å². The van der Waals surface area contributed by atoms with Crippen molar-refractivity contribution in [2.45, 2.75) is 26.0 Å². The number of carbonyl (C=O) groups excluding carboxylic acids is 2. The Hall–Kier alpha value is -3.02. The predicted molar refractivity (Wildman–Crippen MR) is 100 cm³/mol. The van der Waals surface area contributed by atoms with Crippen LogP contribution in [0.15, 0.2) is 48.5 Å². The molecule has 2 aromatic carbocycles. The fraction of sp³-hybridized carbons (Fsp3) is 0.300. The number of amides is 2. The molecule has 2 aromatic rings. The van der Waals surface area contributed by atoms with E-state index in [1.54, 1.807) is 12.1 Å². The Labute approximate surface area is 152 Å². The van der Waals surface area contributed by atoms with Crippen molar-refractivity contribution in [1.29, 1.82) is 0 Å². The molecule has 0 saturated heterocycles. The van der Waals surface area contributed by atoms with Crippen molar-refractivity contribution in [2.24, 2.45) is 5.73 Å². The smallest absolute Gasteiger partial charge is 0.262 e. The van der Waals surface area contributed by atoms with Gasteiger partial charge >= 0.3 is 0 Å². The average Bonchev–Trinajstić information content (AvgIpc) is 2.66. The van der Waals surface area contributed by atoms with Crippen molar-refractivity contribution >= 4 is 17.5 Å². The summed E-state index contributed by atoms with van der Waals surface area (Å²) in [7, 11) is 0. The second-order valence-electron chi connectivity index (χ2n) is 6.31. The van der Waals surface area contributed by atoms with Crippen molar-refractivity contribution in [3.63, 3.8) is 0 Å². The molecule has 6 heteroatoms. The van der Waals surface area contributed by atoms with Crippen LogP contribution in [0, 0.1) is 0 Å². The first-order valence-corrected chi connectivity index (χ1v) is 8.75. The van der Waals surface area contributed by atoms with Crippen LogP contribution in [-0.4, -0.2) is 31.0 Å². The number of para-hydroxylation sites is 2. The maximum atomic E-state index is 12.4. The number of primary amides is 1. The largest absolute Gasteiger partial charge is 0.477 e. The van der Waals surface area contributed by atoms with E-state index in [2.05, 4.69) is 10.2 Å². The Morgan fingerprint density at radius 1 is 1.19 bits per heavy atom. The maximum Gasteiger partial charge on any atom is 0.262 e. The Morgan fingerprint density at radius 2 is 1.92 bits per heavy atom. The summed E-state index contributed by atoms with van der Waals surface area (Å²) < 4.78 is 5.89. The molecule has 0 fully saturated rings. The van der Waals surface area contributed by atoms with Gasteiger partial charge in [0.2, 0.25) is 5.91 Å². The zero-order chi connectivity index (χ0) is 18.5. The number of nitrogens with one attached hydrogen (secondary N) is 1. The minimum atomic E-state index is -0.554. The first kappa shape index (κ1) is 17.8. The van der Waals surface area contributed by atoms with Gasteiger partial charge in [-0.1, -0.05) is 31.2 Å². The Bertz CT molecular complexity index is 789. The number of ether oxygens (including phenoxy) is 1. The Balaban J connectivity index is 1.80. The van der Waals surface area contributed by atoms with E-state index in [1.807, 2.05) is 43.3 Å². The summed E-state index contributed by atoms with van der Waals surface area (Å²) in [4.78, 5) is 25.7. The van der Waals surface area contributed by atoms with Gasteiger partial charge in [0.15, 0.2) is 6.10 Å². The second kappa shape index (κ2) is 7.91. The summed E-state index contributed by atoms with van der Waals surface area (Å²) in [5.41, 5.74) is 7.75. The predicted octanol–water partition coefficient (Wildman–Crippen LogP) is 2.08. The number of nitrogens with zero attached hydrogens (tertiary/aromatic N) is 1. The number of anilines is 1. The summed E-state index contributed by atoms with van der Waals surface area (Å²) >= 11 is 0. The van der Waals surface area contributed by atoms with E-state index in [9.17, 15) is 9.59 Å². The molecule has 1 unspecified atom stereocenters. The fourth-order valence-electron chi connectivity index (χ4n) is 2.95. The monoisotopic (exact) mass is 353 g/mol. The third kappa shape index (κ3) is 3.96. The van der Waals surface area contributed by atoms with Crippen LogP contribution in [0.2, 0.25) is 0 Å². The molecular formula is C20H23N3O3. The molecular weight excluding hydrogens is 330 g/mol. The molecule has 0 saturated carbocycles. The van der Waals surface area contributed by atoms with Crippen LogP contribution in [0.3, 0.4) is 0 Å². The van der Waals surface area contributed by atoms with Gasteiger partial charge < -0.3 is 20.7 Å². The summed E-state index contributed by atoms with van der Waals surface area (Å²) in [6, 6.07) is 14.9. The highest BCUT2D eigenvalue weighted by Gasteiger charge is 2.30. The van der Waals surface area contributed by atoms with Gasteiger partial charge in [0, 0.05) is 18.7 Å². The van der Waals surface area contributed by atoms with Gasteiger partial charge in [-0.05, 0) is 36.2 Å². The minimum Gasteiger partial charge on any atom is -0.477 e. The zero-order valence-electron chi connectivity index (χ0n) is 14.8. The fourth-order valence-corrected chi connectivity index (χ4v) is 2.95. The SMILES string of the molecule is CCCNC(=O)C1CN(Cc2ccc(C(N)=O)cc2)c2ccccc2O1. The van der Waals surface area contributed by atoms with Crippen LogP contribution < -0.4 is 20.7 Å². The highest BCUT2D eigenvalue weighted by Crippen LogP contribution is 2.34. The lowest BCUT2D eigenvalue weighted by Gasteiger charge is -2.35. The molecule has 3 N–H and O–H groups in total. The number of rotatable bonds is 6. The summed E-state index contributed by atoms with van der Waals surface area (Å²) in [5.74, 6) is 0.153. The lowest BCUT2D eigenvalue weighted by molar-refractivity contribution is -0.127. The molecule has 0 aromatic heterocycles. The lowest BCUT2D eigenvalue weighted by Crippen LogP contribution is -2.48. The van der Waals surface area contributed by atoms with E-state index in [0.29, 0.717) is 30.9 Å². The number of carbonyl (C=O) groups is 2. The molecule has 1 atom stereocenters. The molecule has 2 amide bonds. The van der Waals surface area contributed by atoms with Crippen LogP contribution in [-0.2, 0) is 11.3 Å². The number of benzene rings is 2. The van der Waals surface area contributed by atoms with Crippen LogP contribution >= 0.6 is 0 Å². The van der Waals surface area contributed by atoms with Crippen LogP contribution in [0.4, 0.5) is 5.69 Å². The van der Waals surface area contributed by atoms with Gasteiger partial charge in [-0.15, -0.1) is 0 Å². The van der Waals surface area contributed by atoms with Gasteiger partial charge in [0.05, 0.1) is 12.2 Å². The van der Waals surface area contributed by atoms with Crippen molar-refractivity contribution in [3.05, 3.63) is 59.7 Å². The first-order chi connectivity index (χ1) is 12.6. The van der Waals surface area contributed by atoms with Gasteiger partial charge in [-0.3, -0.25) is 9.59 Å². The molecule has 0 aliphatic carbocycles. The standard InChI is InChI=1S/C20H23N3O3/c1-2-11-22-20(25)18-13-23(16-5-3-4-6-17(16)26-18)12-14-7-9-15(10-8-14)19(21)24/h3-10,18H,2,11-13H2,1H3,(H2,21,24)(H,22,25). The topological polar surface area (TPSA) is 84.7 Å². The van der Waals surface area contributed by atoms with E-state index < -0.39 is 12.0 Å². The molecule has 26 heavy (non-hydrogen) atoms. The second-order valence-corrected chi connectivity index (χ2v) is 6.31. The highest BCUT2D eigenvalue weighted by molar-refractivity contribution is 5.92. The Morgan fingerprint density at radius 3 is 2.62 bits per heavy atom. The van der Waals surface area contributed by atoms with Crippen LogP contribution in [0.25, 0.3) is 0 Å². The van der Waals surface area contributed by atoms with Gasteiger partial charge in [0.25, 0.3) is 5.91 Å². The normalized spacial score (nSPS) is 15.7. The Kier molecular flexibility index (Phi) is 5.41. The van der Waals surface area contributed by atoms with E-state index in [-0.39, 0.29) is 5.91 Å². The van der Waals surface area contributed by atoms with E-state index >= 15 is 0 Å². The zero-order valence-corrected chi connectivity index (χ0v) is 14.8. The van der Waals surface area contributed by atoms with Crippen molar-refractivity contribution in [3.8, 4) is 5.75 Å². The van der Waals surface area contributed by atoms with Crippen molar-refractivity contribution in [1.82, 2.24) is 5.32 Å². The molecule has 6 nitrogen and oxygen atoms in total. The van der Waals surface area contributed by atoms with Crippen molar-refractivity contribution in [2.75, 3.05) is 18.0 Å². The molecule has 136 valence electrons. The van der Waals surface area contributed by atoms with E-state index in [4.69, 9.17) is 10.5 Å². The number of nitrogens with two attached hydrogens (primary N) is 1. The molecule has 0 radical (unpaired) electrons. The van der Waals surface area contributed by atoms with Gasteiger partial charge in [-0.25, -0.2) is 0 Å². The lowest BCUT2D eigenvalue weighted by atomic mass is 10.1. The van der Waals surface area contributed by atoms with Crippen LogP contribution in [0.1, 0.15) is 29.3 Å². The maximum absolute atomic E-state index is 12.4. The molecule has 3 rings (SSSR count). The number of hydrogen-bond acceptors (Lipinski definition) is 4. The number of hydrogen-bond donors (Lipinski definition) is 2. The van der Waals surface area contributed by atoms with Gasteiger partial charge in [-0.2, -0.15) is 0 Å². The molecule has 0 bridgehead atoms. The van der Waals surface area contributed by atoms with E-state index in [0.717, 1.165) is 17.7 Å². The molecule has 1 aliphatic rings. The van der Waals surface area contributed by atoms with Crippen molar-refractivity contribution < 1.29 is 14.3 Å². The third-order valence-corrected chi connectivity index (χ3v) is 4.31. The highest BCUT2D eigenvalue weighted by atomic mass is 16.5. The first-order valence-electron chi connectivity index (χ1n) is 8.75. The third-order valence-electron chi connectivity index (χ3n) is 4.31. The summed E-state index contributed by atoms with van der Waals surface area (Å²) in [6.07, 6.45) is 0.326. The number of fused-ring (bicyclic) bond motifs is 1. The molecule has 1 heterocycles. The van der Waals surface area contributed by atoms with Gasteiger partial charge in [0.1, 0.15) is 5.75 Å². The minimum absolute atomic E-state index is 0.101. The average molecular weight is 353 g/mol. The quantitative estimate of drug-likeness (QED) is 0.833.